The summed E-state index contributed by atoms with van der Waals surface area (Å²) in [6.45, 7) is 2.59. The molecule has 2 aliphatic heterocycles. The van der Waals surface area contributed by atoms with Crippen LogP contribution in [0, 0.1) is 11.8 Å². The summed E-state index contributed by atoms with van der Waals surface area (Å²) < 4.78 is 5.06. The van der Waals surface area contributed by atoms with Gasteiger partial charge in [0.25, 0.3) is 0 Å². The molecule has 0 radical (unpaired) electrons. The molecule has 1 saturated carbocycles. The number of fused-ring (bicyclic) bond motifs is 5. The van der Waals surface area contributed by atoms with Crippen LogP contribution in [0.3, 0.4) is 0 Å². The molecule has 3 aliphatic rings. The number of nitrogens with zero attached hydrogens (tertiary/aromatic N) is 2. The smallest absolute Gasteiger partial charge is 0.0365 e. The Morgan fingerprint density at radius 3 is 2.09 bits per heavy atom. The zero-order valence-electron chi connectivity index (χ0n) is 6.08. The van der Waals surface area contributed by atoms with E-state index in [4.69, 9.17) is 0 Å². The molecule has 2 nitrogen and oxygen atoms in total. The maximum Gasteiger partial charge on any atom is 0.0365 e. The first-order valence-electron chi connectivity index (χ1n) is 4.12. The van der Waals surface area contributed by atoms with Crippen LogP contribution in [0.1, 0.15) is 6.42 Å². The average Bonchev–Trinajstić information content (AvgIpc) is 2.66. The number of hydrogen-bond donors (Lipinski definition) is 0. The van der Waals surface area contributed by atoms with Gasteiger partial charge in [-0.05, 0) is 18.3 Å². The van der Waals surface area contributed by atoms with E-state index in [9.17, 15) is 0 Å². The molecule has 62 valence electrons. The summed E-state index contributed by atoms with van der Waals surface area (Å²) in [5.41, 5.74) is 0. The maximum atomic E-state index is 2.59. The van der Waals surface area contributed by atoms with Crippen LogP contribution in [0.25, 0.3) is 0 Å². The molecular formula is C7H10I2N2. The second-order valence-corrected chi connectivity index (χ2v) is 6.35. The Labute approximate surface area is 94.7 Å². The molecule has 0 spiro atoms. The largest absolute Gasteiger partial charge is 0.244 e. The zero-order valence-corrected chi connectivity index (χ0v) is 10.4. The van der Waals surface area contributed by atoms with Gasteiger partial charge in [-0.3, -0.25) is 0 Å². The van der Waals surface area contributed by atoms with E-state index in [-0.39, 0.29) is 0 Å². The van der Waals surface area contributed by atoms with Gasteiger partial charge in [0.1, 0.15) is 0 Å². The molecule has 11 heavy (non-hydrogen) atoms. The number of halogens is 2. The normalized spacial score (nSPS) is 56.2. The average molecular weight is 376 g/mol. The topological polar surface area (TPSA) is 6.48 Å². The van der Waals surface area contributed by atoms with Crippen molar-refractivity contribution in [3.8, 4) is 0 Å². The molecule has 0 aromatic heterocycles. The first-order chi connectivity index (χ1) is 5.27. The molecule has 2 bridgehead atoms. The van der Waals surface area contributed by atoms with Gasteiger partial charge in [0.15, 0.2) is 0 Å². The van der Waals surface area contributed by atoms with Crippen molar-refractivity contribution < 1.29 is 0 Å². The highest BCUT2D eigenvalue weighted by molar-refractivity contribution is 14.1. The van der Waals surface area contributed by atoms with Gasteiger partial charge >= 0.3 is 0 Å². The Balaban J connectivity index is 1.90. The molecule has 2 saturated heterocycles. The van der Waals surface area contributed by atoms with Gasteiger partial charge in [-0.25, -0.2) is 6.23 Å². The maximum absolute atomic E-state index is 2.59. The fourth-order valence-corrected chi connectivity index (χ4v) is 4.63. The summed E-state index contributed by atoms with van der Waals surface area (Å²) in [5, 5.41) is 0. The third-order valence-corrected chi connectivity index (χ3v) is 5.50. The highest BCUT2D eigenvalue weighted by Crippen LogP contribution is 2.57. The van der Waals surface area contributed by atoms with Crippen molar-refractivity contribution in [1.29, 1.82) is 0 Å². The Kier molecular flexibility index (Phi) is 1.73. The lowest BCUT2D eigenvalue weighted by molar-refractivity contribution is 0.216. The van der Waals surface area contributed by atoms with Gasteiger partial charge < -0.3 is 0 Å². The van der Waals surface area contributed by atoms with Crippen LogP contribution in [0.2, 0.25) is 0 Å². The van der Waals surface area contributed by atoms with Gasteiger partial charge in [0.2, 0.25) is 0 Å². The third kappa shape index (κ3) is 1.02. The number of piperazine rings is 1. The number of rotatable bonds is 0. The van der Waals surface area contributed by atoms with Crippen LogP contribution in [0.5, 0.6) is 0 Å². The highest BCUT2D eigenvalue weighted by atomic mass is 127. The minimum Gasteiger partial charge on any atom is -0.244 e. The van der Waals surface area contributed by atoms with Crippen molar-refractivity contribution >= 4 is 45.7 Å². The van der Waals surface area contributed by atoms with E-state index in [1.807, 2.05) is 0 Å². The molecule has 0 aromatic rings. The summed E-state index contributed by atoms with van der Waals surface area (Å²) >= 11 is 5.00. The van der Waals surface area contributed by atoms with Gasteiger partial charge in [-0.2, -0.15) is 0 Å². The van der Waals surface area contributed by atoms with Crippen LogP contribution in [0.15, 0.2) is 0 Å². The summed E-state index contributed by atoms with van der Waals surface area (Å²) in [5.74, 6) is 2.13. The monoisotopic (exact) mass is 376 g/mol. The quantitative estimate of drug-likeness (QED) is 0.469. The van der Waals surface area contributed by atoms with Crippen molar-refractivity contribution in [3.63, 3.8) is 0 Å². The molecule has 3 fully saturated rings. The van der Waals surface area contributed by atoms with Crippen molar-refractivity contribution in [2.45, 2.75) is 18.5 Å². The predicted molar refractivity (Wildman–Crippen MR) is 60.6 cm³/mol. The van der Waals surface area contributed by atoms with E-state index in [0.717, 1.165) is 23.9 Å². The van der Waals surface area contributed by atoms with E-state index in [0.29, 0.717) is 0 Å². The highest BCUT2D eigenvalue weighted by Gasteiger charge is 2.60. The minimum atomic E-state index is 0.885. The predicted octanol–water partition coefficient (Wildman–Crippen LogP) is 1.69. The molecule has 4 unspecified atom stereocenters. The second-order valence-electron chi connectivity index (χ2n) is 3.87. The van der Waals surface area contributed by atoms with Gasteiger partial charge in [-0.15, -0.1) is 0 Å². The lowest BCUT2D eigenvalue weighted by atomic mass is 10.2. The molecule has 4 heteroatoms. The fourth-order valence-electron chi connectivity index (χ4n) is 2.64. The van der Waals surface area contributed by atoms with Crippen LogP contribution in [-0.4, -0.2) is 31.4 Å². The van der Waals surface area contributed by atoms with E-state index in [1.54, 1.807) is 0 Å². The number of piperidine rings is 1. The summed E-state index contributed by atoms with van der Waals surface area (Å²) in [6, 6.07) is 1.77. The van der Waals surface area contributed by atoms with Crippen molar-refractivity contribution in [2.24, 2.45) is 11.8 Å². The van der Waals surface area contributed by atoms with Crippen molar-refractivity contribution in [3.05, 3.63) is 0 Å². The fraction of sp³-hybridized carbons (Fsp3) is 1.00. The Hall–Kier alpha value is 1.38. The standard InChI is InChI=1S/C7H10I2N2/c8-10-2-6-4-1-5(4)7(3-10)11(6)9/h4-7H,1-3H2. The van der Waals surface area contributed by atoms with E-state index in [2.05, 4.69) is 52.0 Å². The van der Waals surface area contributed by atoms with Gasteiger partial charge in [-0.1, -0.05) is 0 Å². The first kappa shape index (κ1) is 7.75. The summed E-state index contributed by atoms with van der Waals surface area (Å²) in [7, 11) is 0. The third-order valence-electron chi connectivity index (χ3n) is 3.28. The van der Waals surface area contributed by atoms with Gasteiger partial charge in [0.05, 0.1) is 0 Å². The van der Waals surface area contributed by atoms with Crippen LogP contribution < -0.4 is 0 Å². The Morgan fingerprint density at radius 2 is 1.55 bits per heavy atom. The van der Waals surface area contributed by atoms with Gasteiger partial charge in [0, 0.05) is 70.9 Å². The molecule has 0 amide bonds. The number of hydrogen-bond acceptors (Lipinski definition) is 2. The Bertz CT molecular complexity index is 181. The lowest BCUT2D eigenvalue weighted by Crippen LogP contribution is -2.48. The van der Waals surface area contributed by atoms with E-state index >= 15 is 0 Å². The molecule has 2 heterocycles. The second kappa shape index (κ2) is 2.45. The molecule has 0 N–H and O–H groups in total. The lowest BCUT2D eigenvalue weighted by Gasteiger charge is -2.36. The van der Waals surface area contributed by atoms with Crippen molar-refractivity contribution in [1.82, 2.24) is 6.23 Å². The molecule has 1 aliphatic carbocycles. The summed E-state index contributed by atoms with van der Waals surface area (Å²) in [6.07, 6.45) is 1.53. The van der Waals surface area contributed by atoms with Crippen LogP contribution in [-0.2, 0) is 0 Å². The first-order valence-corrected chi connectivity index (χ1v) is 6.05. The molecule has 4 atom stereocenters. The summed E-state index contributed by atoms with van der Waals surface area (Å²) in [4.78, 5) is 0. The Morgan fingerprint density at radius 1 is 1.00 bits per heavy atom. The zero-order chi connectivity index (χ0) is 7.59. The van der Waals surface area contributed by atoms with Crippen LogP contribution >= 0.6 is 45.7 Å². The van der Waals surface area contributed by atoms with Crippen LogP contribution in [0.4, 0.5) is 0 Å². The molecular weight excluding hydrogens is 366 g/mol. The van der Waals surface area contributed by atoms with E-state index in [1.165, 1.54) is 19.5 Å². The minimum absolute atomic E-state index is 0.885. The van der Waals surface area contributed by atoms with Crippen molar-refractivity contribution in [2.75, 3.05) is 13.1 Å². The van der Waals surface area contributed by atoms with E-state index < -0.39 is 0 Å². The SMILES string of the molecule is IN1CC2C3CC3C(C1)N2I. The molecule has 3 rings (SSSR count). The molecule has 0 aromatic carbocycles.